The Bertz CT molecular complexity index is 415. The molecule has 0 amide bonds. The number of hydrogen-bond donors (Lipinski definition) is 1. The van der Waals surface area contributed by atoms with Gasteiger partial charge >= 0.3 is 0 Å². The molecular weight excluding hydrogens is 232 g/mol. The molecule has 0 saturated carbocycles. The highest BCUT2D eigenvalue weighted by molar-refractivity contribution is 5.35. The third-order valence-corrected chi connectivity index (χ3v) is 4.16. The van der Waals surface area contributed by atoms with Gasteiger partial charge < -0.3 is 10.2 Å². The van der Waals surface area contributed by atoms with E-state index in [1.165, 1.54) is 42.7 Å². The van der Waals surface area contributed by atoms with Gasteiger partial charge in [-0.1, -0.05) is 37.6 Å². The summed E-state index contributed by atoms with van der Waals surface area (Å²) in [6, 6.07) is 6.87. The Hall–Kier alpha value is -0.860. The van der Waals surface area contributed by atoms with Crippen LogP contribution in [0.2, 0.25) is 0 Å². The van der Waals surface area contributed by atoms with Crippen LogP contribution < -0.4 is 5.32 Å². The first kappa shape index (κ1) is 14.5. The lowest BCUT2D eigenvalue weighted by atomic mass is 9.81. The number of nitrogens with zero attached hydrogens (tertiary/aromatic N) is 1. The van der Waals surface area contributed by atoms with Crippen molar-refractivity contribution in [3.63, 3.8) is 0 Å². The fourth-order valence-electron chi connectivity index (χ4n) is 3.28. The van der Waals surface area contributed by atoms with Gasteiger partial charge in [-0.2, -0.15) is 0 Å². The zero-order valence-electron chi connectivity index (χ0n) is 12.9. The van der Waals surface area contributed by atoms with E-state index in [0.717, 1.165) is 13.1 Å². The van der Waals surface area contributed by atoms with Crippen molar-refractivity contribution in [2.75, 3.05) is 32.7 Å². The molecule has 1 aromatic carbocycles. The van der Waals surface area contributed by atoms with Gasteiger partial charge in [0, 0.05) is 25.0 Å². The molecule has 0 atom stereocenters. The van der Waals surface area contributed by atoms with Crippen LogP contribution in [0.4, 0.5) is 0 Å². The maximum atomic E-state index is 3.48. The van der Waals surface area contributed by atoms with E-state index in [1.54, 1.807) is 0 Å². The summed E-state index contributed by atoms with van der Waals surface area (Å²) in [6.07, 6.45) is 1.27. The lowest BCUT2D eigenvalue weighted by Gasteiger charge is -2.33. The van der Waals surface area contributed by atoms with Crippen LogP contribution in [0.15, 0.2) is 18.2 Å². The number of benzene rings is 1. The fraction of sp³-hybridized carbons (Fsp3) is 0.647. The first-order valence-electron chi connectivity index (χ1n) is 7.50. The van der Waals surface area contributed by atoms with Gasteiger partial charge in [-0.15, -0.1) is 0 Å². The molecule has 0 unspecified atom stereocenters. The predicted molar refractivity (Wildman–Crippen MR) is 82.9 cm³/mol. The molecule has 0 radical (unpaired) electrons. The standard InChI is InChI=1S/C17H28N2/c1-14-6-7-16(15(2)12-14)17(3,4)13-19-10-5-8-18-9-11-19/h6-7,12,18H,5,8-11,13H2,1-4H3. The Balaban J connectivity index is 2.11. The molecule has 0 aliphatic carbocycles. The molecule has 1 aromatic rings. The van der Waals surface area contributed by atoms with Gasteiger partial charge in [0.05, 0.1) is 0 Å². The fourth-order valence-corrected chi connectivity index (χ4v) is 3.28. The van der Waals surface area contributed by atoms with E-state index in [9.17, 15) is 0 Å². The van der Waals surface area contributed by atoms with Crippen molar-refractivity contribution < 1.29 is 0 Å². The van der Waals surface area contributed by atoms with Crippen LogP contribution in [0, 0.1) is 13.8 Å². The van der Waals surface area contributed by atoms with Crippen molar-refractivity contribution in [3.8, 4) is 0 Å². The summed E-state index contributed by atoms with van der Waals surface area (Å²) in [6.45, 7) is 15.0. The SMILES string of the molecule is Cc1ccc(C(C)(C)CN2CCCNCC2)c(C)c1. The summed E-state index contributed by atoms with van der Waals surface area (Å²) in [5, 5.41) is 3.48. The Kier molecular flexibility index (Phi) is 4.64. The van der Waals surface area contributed by atoms with E-state index in [4.69, 9.17) is 0 Å². The van der Waals surface area contributed by atoms with Crippen LogP contribution in [0.3, 0.4) is 0 Å². The van der Waals surface area contributed by atoms with E-state index in [0.29, 0.717) is 0 Å². The molecule has 1 heterocycles. The second-order valence-electron chi connectivity index (χ2n) is 6.58. The number of hydrogen-bond acceptors (Lipinski definition) is 2. The molecule has 1 saturated heterocycles. The van der Waals surface area contributed by atoms with Gasteiger partial charge in [0.1, 0.15) is 0 Å². The molecule has 106 valence electrons. The maximum Gasteiger partial charge on any atom is 0.0107 e. The zero-order chi connectivity index (χ0) is 13.9. The molecule has 19 heavy (non-hydrogen) atoms. The van der Waals surface area contributed by atoms with Crippen LogP contribution in [0.25, 0.3) is 0 Å². The second-order valence-corrected chi connectivity index (χ2v) is 6.58. The van der Waals surface area contributed by atoms with Crippen molar-refractivity contribution in [2.45, 2.75) is 39.5 Å². The van der Waals surface area contributed by atoms with Crippen molar-refractivity contribution in [1.82, 2.24) is 10.2 Å². The number of rotatable bonds is 3. The van der Waals surface area contributed by atoms with Gasteiger partial charge in [0.15, 0.2) is 0 Å². The minimum absolute atomic E-state index is 0.224. The van der Waals surface area contributed by atoms with Crippen LogP contribution in [0.5, 0.6) is 0 Å². The predicted octanol–water partition coefficient (Wildman–Crippen LogP) is 2.88. The van der Waals surface area contributed by atoms with Gasteiger partial charge in [-0.05, 0) is 44.5 Å². The van der Waals surface area contributed by atoms with Crippen LogP contribution in [-0.4, -0.2) is 37.6 Å². The van der Waals surface area contributed by atoms with Crippen LogP contribution in [-0.2, 0) is 5.41 Å². The Morgan fingerprint density at radius 2 is 1.95 bits per heavy atom. The van der Waals surface area contributed by atoms with E-state index in [-0.39, 0.29) is 5.41 Å². The van der Waals surface area contributed by atoms with E-state index in [1.807, 2.05) is 0 Å². The summed E-state index contributed by atoms with van der Waals surface area (Å²) in [5.41, 5.74) is 4.51. The van der Waals surface area contributed by atoms with Crippen molar-refractivity contribution in [2.24, 2.45) is 0 Å². The quantitative estimate of drug-likeness (QED) is 0.899. The third-order valence-electron chi connectivity index (χ3n) is 4.16. The lowest BCUT2D eigenvalue weighted by Crippen LogP contribution is -2.39. The maximum absolute atomic E-state index is 3.48. The molecule has 0 aromatic heterocycles. The van der Waals surface area contributed by atoms with Crippen molar-refractivity contribution >= 4 is 0 Å². The molecule has 1 N–H and O–H groups in total. The van der Waals surface area contributed by atoms with E-state index < -0.39 is 0 Å². The molecule has 1 aliphatic rings. The first-order chi connectivity index (χ1) is 8.99. The summed E-state index contributed by atoms with van der Waals surface area (Å²) in [7, 11) is 0. The minimum Gasteiger partial charge on any atom is -0.315 e. The first-order valence-corrected chi connectivity index (χ1v) is 7.50. The largest absolute Gasteiger partial charge is 0.315 e. The number of nitrogens with one attached hydrogen (secondary N) is 1. The Morgan fingerprint density at radius 3 is 2.68 bits per heavy atom. The minimum atomic E-state index is 0.224. The molecule has 0 bridgehead atoms. The molecular formula is C17H28N2. The lowest BCUT2D eigenvalue weighted by molar-refractivity contribution is 0.236. The van der Waals surface area contributed by atoms with Crippen LogP contribution in [0.1, 0.15) is 37.0 Å². The van der Waals surface area contributed by atoms with Crippen molar-refractivity contribution in [1.29, 1.82) is 0 Å². The molecule has 2 rings (SSSR count). The molecule has 2 nitrogen and oxygen atoms in total. The highest BCUT2D eigenvalue weighted by atomic mass is 15.2. The summed E-state index contributed by atoms with van der Waals surface area (Å²) >= 11 is 0. The normalized spacial score (nSPS) is 18.3. The Morgan fingerprint density at radius 1 is 1.16 bits per heavy atom. The average molecular weight is 260 g/mol. The monoisotopic (exact) mass is 260 g/mol. The van der Waals surface area contributed by atoms with Crippen LogP contribution >= 0.6 is 0 Å². The van der Waals surface area contributed by atoms with Gasteiger partial charge in [-0.3, -0.25) is 0 Å². The topological polar surface area (TPSA) is 15.3 Å². The van der Waals surface area contributed by atoms with Gasteiger partial charge in [0.25, 0.3) is 0 Å². The molecule has 2 heteroatoms. The number of aryl methyl sites for hydroxylation is 2. The second kappa shape index (κ2) is 6.06. The average Bonchev–Trinajstić information content (AvgIpc) is 2.56. The van der Waals surface area contributed by atoms with Gasteiger partial charge in [0.2, 0.25) is 0 Å². The summed E-state index contributed by atoms with van der Waals surface area (Å²) < 4.78 is 0. The highest BCUT2D eigenvalue weighted by Crippen LogP contribution is 2.28. The highest BCUT2D eigenvalue weighted by Gasteiger charge is 2.25. The Labute approximate surface area is 118 Å². The zero-order valence-corrected chi connectivity index (χ0v) is 12.9. The van der Waals surface area contributed by atoms with Gasteiger partial charge in [-0.25, -0.2) is 0 Å². The molecule has 1 fully saturated rings. The summed E-state index contributed by atoms with van der Waals surface area (Å²) in [5.74, 6) is 0. The van der Waals surface area contributed by atoms with Crippen molar-refractivity contribution in [3.05, 3.63) is 34.9 Å². The molecule has 1 aliphatic heterocycles. The van der Waals surface area contributed by atoms with E-state index in [2.05, 4.69) is 56.1 Å². The smallest absolute Gasteiger partial charge is 0.0107 e. The summed E-state index contributed by atoms with van der Waals surface area (Å²) in [4.78, 5) is 2.61. The van der Waals surface area contributed by atoms with E-state index >= 15 is 0 Å². The third kappa shape index (κ3) is 3.80. The molecule has 0 spiro atoms.